The molecule has 0 fully saturated rings. The third kappa shape index (κ3) is 4.39. The maximum atomic E-state index is 11.8. The molecule has 0 unspecified atom stereocenters. The Labute approximate surface area is 129 Å². The first-order valence-corrected chi connectivity index (χ1v) is 6.90. The van der Waals surface area contributed by atoms with Gasteiger partial charge in [-0.1, -0.05) is 11.6 Å². The van der Waals surface area contributed by atoms with E-state index in [1.807, 2.05) is 25.1 Å². The fraction of sp³-hybridized carbons (Fsp3) is 0.188. The summed E-state index contributed by atoms with van der Waals surface area (Å²) in [7, 11) is 1.63. The van der Waals surface area contributed by atoms with Gasteiger partial charge < -0.3 is 15.4 Å². The van der Waals surface area contributed by atoms with Crippen molar-refractivity contribution in [2.75, 3.05) is 24.3 Å². The van der Waals surface area contributed by atoms with Crippen LogP contribution in [-0.2, 0) is 4.79 Å². The zero-order valence-corrected chi connectivity index (χ0v) is 12.7. The van der Waals surface area contributed by atoms with Crippen LogP contribution in [0, 0.1) is 6.92 Å². The van der Waals surface area contributed by atoms with E-state index >= 15 is 0 Å². The molecular formula is C16H17ClN2O2. The van der Waals surface area contributed by atoms with Crippen LogP contribution in [-0.4, -0.2) is 19.6 Å². The van der Waals surface area contributed by atoms with Crippen LogP contribution in [0.2, 0.25) is 5.02 Å². The van der Waals surface area contributed by atoms with Crippen molar-refractivity contribution < 1.29 is 9.53 Å². The van der Waals surface area contributed by atoms with Crippen molar-refractivity contribution in [2.24, 2.45) is 0 Å². The van der Waals surface area contributed by atoms with Crippen LogP contribution in [0.4, 0.5) is 11.4 Å². The van der Waals surface area contributed by atoms with Gasteiger partial charge >= 0.3 is 0 Å². The van der Waals surface area contributed by atoms with Gasteiger partial charge in [-0.05, 0) is 55.0 Å². The summed E-state index contributed by atoms with van der Waals surface area (Å²) in [6.07, 6.45) is 0. The van der Waals surface area contributed by atoms with E-state index in [9.17, 15) is 4.79 Å². The Morgan fingerprint density at radius 2 is 1.81 bits per heavy atom. The summed E-state index contributed by atoms with van der Waals surface area (Å²) in [6, 6.07) is 12.7. The number of carbonyl (C=O) groups is 1. The summed E-state index contributed by atoms with van der Waals surface area (Å²) in [5, 5.41) is 6.51. The number of amides is 1. The van der Waals surface area contributed by atoms with E-state index in [2.05, 4.69) is 10.6 Å². The van der Waals surface area contributed by atoms with Gasteiger partial charge in [-0.2, -0.15) is 0 Å². The first-order chi connectivity index (χ1) is 10.1. The minimum absolute atomic E-state index is 0.120. The number of halogens is 1. The SMILES string of the molecule is COc1ccc(NCC(=O)Nc2ccc(Cl)cc2)cc1C. The van der Waals surface area contributed by atoms with Crippen molar-refractivity contribution in [1.29, 1.82) is 0 Å². The highest BCUT2D eigenvalue weighted by Crippen LogP contribution is 2.21. The quantitative estimate of drug-likeness (QED) is 0.885. The van der Waals surface area contributed by atoms with Gasteiger partial charge in [0.15, 0.2) is 0 Å². The highest BCUT2D eigenvalue weighted by atomic mass is 35.5. The van der Waals surface area contributed by atoms with Crippen molar-refractivity contribution in [3.05, 3.63) is 53.1 Å². The van der Waals surface area contributed by atoms with E-state index in [-0.39, 0.29) is 12.5 Å². The average molecular weight is 305 g/mol. The van der Waals surface area contributed by atoms with Crippen LogP contribution in [0.1, 0.15) is 5.56 Å². The molecule has 0 aliphatic carbocycles. The van der Waals surface area contributed by atoms with Gasteiger partial charge in [0.1, 0.15) is 5.75 Å². The van der Waals surface area contributed by atoms with Gasteiger partial charge in [0, 0.05) is 16.4 Å². The van der Waals surface area contributed by atoms with Gasteiger partial charge in [-0.15, -0.1) is 0 Å². The molecule has 0 aliphatic rings. The summed E-state index contributed by atoms with van der Waals surface area (Å²) in [6.45, 7) is 2.15. The van der Waals surface area contributed by atoms with Crippen molar-refractivity contribution in [3.8, 4) is 5.75 Å². The number of nitrogens with one attached hydrogen (secondary N) is 2. The molecule has 2 rings (SSSR count). The zero-order chi connectivity index (χ0) is 15.2. The van der Waals surface area contributed by atoms with E-state index in [4.69, 9.17) is 16.3 Å². The van der Waals surface area contributed by atoms with Gasteiger partial charge in [0.05, 0.1) is 13.7 Å². The van der Waals surface area contributed by atoms with Crippen LogP contribution in [0.15, 0.2) is 42.5 Å². The lowest BCUT2D eigenvalue weighted by molar-refractivity contribution is -0.114. The number of methoxy groups -OCH3 is 1. The monoisotopic (exact) mass is 304 g/mol. The molecule has 0 bridgehead atoms. The van der Waals surface area contributed by atoms with Crippen molar-refractivity contribution in [3.63, 3.8) is 0 Å². The maximum absolute atomic E-state index is 11.8. The van der Waals surface area contributed by atoms with Gasteiger partial charge in [0.25, 0.3) is 0 Å². The molecule has 1 amide bonds. The molecule has 0 aromatic heterocycles. The number of ether oxygens (including phenoxy) is 1. The van der Waals surface area contributed by atoms with Crippen molar-refractivity contribution >= 4 is 28.9 Å². The van der Waals surface area contributed by atoms with E-state index in [0.29, 0.717) is 5.02 Å². The Kier molecular flexibility index (Phi) is 5.06. The second kappa shape index (κ2) is 6.99. The number of anilines is 2. The molecule has 0 atom stereocenters. The number of hydrogen-bond donors (Lipinski definition) is 2. The van der Waals surface area contributed by atoms with E-state index in [1.165, 1.54) is 0 Å². The first-order valence-electron chi connectivity index (χ1n) is 6.52. The van der Waals surface area contributed by atoms with Crippen molar-refractivity contribution in [1.82, 2.24) is 0 Å². The molecule has 2 aromatic rings. The lowest BCUT2D eigenvalue weighted by Gasteiger charge is -2.10. The molecule has 0 heterocycles. The molecule has 0 spiro atoms. The number of rotatable bonds is 5. The number of carbonyl (C=O) groups excluding carboxylic acids is 1. The Morgan fingerprint density at radius 3 is 2.43 bits per heavy atom. The highest BCUT2D eigenvalue weighted by Gasteiger charge is 2.04. The summed E-state index contributed by atoms with van der Waals surface area (Å²) >= 11 is 5.79. The number of benzene rings is 2. The molecule has 4 nitrogen and oxygen atoms in total. The Balaban J connectivity index is 1.89. The summed E-state index contributed by atoms with van der Waals surface area (Å²) in [5.74, 6) is 0.706. The summed E-state index contributed by atoms with van der Waals surface area (Å²) in [5.41, 5.74) is 2.61. The Hall–Kier alpha value is -2.20. The number of hydrogen-bond acceptors (Lipinski definition) is 3. The fourth-order valence-electron chi connectivity index (χ4n) is 1.91. The molecule has 21 heavy (non-hydrogen) atoms. The minimum atomic E-state index is -0.120. The Morgan fingerprint density at radius 1 is 1.14 bits per heavy atom. The van der Waals surface area contributed by atoms with Gasteiger partial charge in [-0.25, -0.2) is 0 Å². The molecular weight excluding hydrogens is 288 g/mol. The molecule has 110 valence electrons. The predicted octanol–water partition coefficient (Wildman–Crippen LogP) is 3.71. The third-order valence-corrected chi connectivity index (χ3v) is 3.23. The molecule has 5 heteroatoms. The fourth-order valence-corrected chi connectivity index (χ4v) is 2.04. The second-order valence-corrected chi connectivity index (χ2v) is 5.03. The highest BCUT2D eigenvalue weighted by molar-refractivity contribution is 6.30. The molecule has 2 aromatic carbocycles. The standard InChI is InChI=1S/C16H17ClN2O2/c1-11-9-14(7-8-15(11)21-2)18-10-16(20)19-13-5-3-12(17)4-6-13/h3-9,18H,10H2,1-2H3,(H,19,20). The average Bonchev–Trinajstić information content (AvgIpc) is 2.48. The second-order valence-electron chi connectivity index (χ2n) is 4.59. The largest absolute Gasteiger partial charge is 0.496 e. The maximum Gasteiger partial charge on any atom is 0.243 e. The van der Waals surface area contributed by atoms with E-state index < -0.39 is 0 Å². The van der Waals surface area contributed by atoms with Gasteiger partial charge in [-0.3, -0.25) is 4.79 Å². The molecule has 0 saturated carbocycles. The molecule has 0 aliphatic heterocycles. The summed E-state index contributed by atoms with van der Waals surface area (Å²) < 4.78 is 5.20. The normalized spacial score (nSPS) is 10.0. The predicted molar refractivity (Wildman–Crippen MR) is 86.3 cm³/mol. The van der Waals surface area contributed by atoms with Crippen molar-refractivity contribution in [2.45, 2.75) is 6.92 Å². The van der Waals surface area contributed by atoms with Crippen LogP contribution >= 0.6 is 11.6 Å². The first kappa shape index (κ1) is 15.2. The summed E-state index contributed by atoms with van der Waals surface area (Å²) in [4.78, 5) is 11.8. The zero-order valence-electron chi connectivity index (χ0n) is 11.9. The van der Waals surface area contributed by atoms with Crippen LogP contribution < -0.4 is 15.4 Å². The lowest BCUT2D eigenvalue weighted by Crippen LogP contribution is -2.21. The van der Waals surface area contributed by atoms with Gasteiger partial charge in [0.2, 0.25) is 5.91 Å². The minimum Gasteiger partial charge on any atom is -0.496 e. The Bertz CT molecular complexity index is 627. The van der Waals surface area contributed by atoms with E-state index in [1.54, 1.807) is 31.4 Å². The van der Waals surface area contributed by atoms with Crippen LogP contribution in [0.3, 0.4) is 0 Å². The molecule has 0 radical (unpaired) electrons. The topological polar surface area (TPSA) is 50.4 Å². The van der Waals surface area contributed by atoms with E-state index in [0.717, 1.165) is 22.7 Å². The molecule has 0 saturated heterocycles. The lowest BCUT2D eigenvalue weighted by atomic mass is 10.2. The number of aryl methyl sites for hydroxylation is 1. The molecule has 2 N–H and O–H groups in total. The van der Waals surface area contributed by atoms with Crippen LogP contribution in [0.25, 0.3) is 0 Å². The smallest absolute Gasteiger partial charge is 0.243 e. The third-order valence-electron chi connectivity index (χ3n) is 2.98. The van der Waals surface area contributed by atoms with Crippen LogP contribution in [0.5, 0.6) is 5.75 Å².